The molecule has 0 saturated carbocycles. The van der Waals surface area contributed by atoms with Gasteiger partial charge in [0.05, 0.1) is 10.5 Å². The van der Waals surface area contributed by atoms with Crippen molar-refractivity contribution in [1.82, 2.24) is 4.31 Å². The predicted octanol–water partition coefficient (Wildman–Crippen LogP) is 2.60. The molecule has 0 aliphatic rings. The van der Waals surface area contributed by atoms with Crippen molar-refractivity contribution in [3.05, 3.63) is 27.1 Å². The van der Waals surface area contributed by atoms with Gasteiger partial charge in [-0.05, 0) is 48.0 Å². The quantitative estimate of drug-likeness (QED) is 0.844. The van der Waals surface area contributed by atoms with Crippen LogP contribution in [0.1, 0.15) is 13.8 Å². The average molecular weight is 401 g/mol. The minimum absolute atomic E-state index is 0.0221. The topological polar surface area (TPSA) is 57.6 Å². The summed E-state index contributed by atoms with van der Waals surface area (Å²) in [7, 11) is -2.18. The molecule has 102 valence electrons. The van der Waals surface area contributed by atoms with E-state index in [1.807, 2.05) is 0 Å². The van der Waals surface area contributed by atoms with E-state index in [-0.39, 0.29) is 11.4 Å². The number of halogens is 2. The van der Waals surface area contributed by atoms with Crippen LogP contribution in [0.2, 0.25) is 0 Å². The minimum atomic E-state index is -3.63. The molecule has 0 atom stereocenters. The van der Waals surface area contributed by atoms with Crippen molar-refractivity contribution in [2.24, 2.45) is 0 Å². The first kappa shape index (κ1) is 16.1. The molecule has 1 aromatic rings. The lowest BCUT2D eigenvalue weighted by Crippen LogP contribution is -2.39. The lowest BCUT2D eigenvalue weighted by atomic mass is 10.1. The van der Waals surface area contributed by atoms with Crippen LogP contribution in [0, 0.1) is 0 Å². The Bertz CT molecular complexity index is 538. The first-order valence-electron chi connectivity index (χ1n) is 5.18. The van der Waals surface area contributed by atoms with Crippen molar-refractivity contribution >= 4 is 41.9 Å². The monoisotopic (exact) mass is 399 g/mol. The Kier molecular flexibility index (Phi) is 4.99. The molecule has 0 amide bonds. The van der Waals surface area contributed by atoms with Gasteiger partial charge >= 0.3 is 0 Å². The fraction of sp³-hybridized carbons (Fsp3) is 0.455. The van der Waals surface area contributed by atoms with Gasteiger partial charge in [-0.15, -0.1) is 0 Å². The molecule has 0 bridgehead atoms. The molecule has 1 aromatic carbocycles. The first-order chi connectivity index (χ1) is 8.04. The van der Waals surface area contributed by atoms with E-state index in [2.05, 4.69) is 31.9 Å². The summed E-state index contributed by atoms with van der Waals surface area (Å²) in [5.74, 6) is 0. The van der Waals surface area contributed by atoms with E-state index in [1.54, 1.807) is 26.0 Å². The number of rotatable bonds is 4. The predicted molar refractivity (Wildman–Crippen MR) is 78.0 cm³/mol. The molecule has 4 nitrogen and oxygen atoms in total. The van der Waals surface area contributed by atoms with Crippen molar-refractivity contribution in [1.29, 1.82) is 0 Å². The highest BCUT2D eigenvalue weighted by molar-refractivity contribution is 9.11. The van der Waals surface area contributed by atoms with E-state index < -0.39 is 15.6 Å². The van der Waals surface area contributed by atoms with Gasteiger partial charge in [0.2, 0.25) is 10.0 Å². The molecule has 0 unspecified atom stereocenters. The second-order valence-corrected chi connectivity index (χ2v) is 8.43. The van der Waals surface area contributed by atoms with Gasteiger partial charge in [0.15, 0.2) is 0 Å². The zero-order chi connectivity index (χ0) is 14.1. The Morgan fingerprint density at radius 2 is 1.89 bits per heavy atom. The van der Waals surface area contributed by atoms with Crippen LogP contribution in [-0.2, 0) is 10.0 Å². The molecular weight excluding hydrogens is 386 g/mol. The maximum atomic E-state index is 12.3. The Balaban J connectivity index is 3.17. The lowest BCUT2D eigenvalue weighted by Gasteiger charge is -2.25. The number of hydrogen-bond donors (Lipinski definition) is 1. The zero-order valence-electron chi connectivity index (χ0n) is 10.3. The molecule has 0 aliphatic carbocycles. The SMILES string of the molecule is CN(CC(C)(C)O)S(=O)(=O)c1cc(Br)ccc1Br. The number of likely N-dealkylation sites (N-methyl/N-ethyl adjacent to an activating group) is 1. The van der Waals surface area contributed by atoms with E-state index in [0.29, 0.717) is 8.95 Å². The van der Waals surface area contributed by atoms with Gasteiger partial charge in [-0.2, -0.15) is 4.31 Å². The standard InChI is InChI=1S/C11H15Br2NO3S/c1-11(2,15)7-14(3)18(16,17)10-6-8(12)4-5-9(10)13/h4-6,15H,7H2,1-3H3. The van der Waals surface area contributed by atoms with E-state index >= 15 is 0 Å². The maximum absolute atomic E-state index is 12.3. The molecule has 1 N–H and O–H groups in total. The lowest BCUT2D eigenvalue weighted by molar-refractivity contribution is 0.0640. The molecule has 0 saturated heterocycles. The van der Waals surface area contributed by atoms with Crippen molar-refractivity contribution in [2.75, 3.05) is 13.6 Å². The van der Waals surface area contributed by atoms with Crippen molar-refractivity contribution in [3.63, 3.8) is 0 Å². The van der Waals surface area contributed by atoms with Crippen LogP contribution >= 0.6 is 31.9 Å². The number of sulfonamides is 1. The molecule has 7 heteroatoms. The highest BCUT2D eigenvalue weighted by atomic mass is 79.9. The molecule has 0 radical (unpaired) electrons. The summed E-state index contributed by atoms with van der Waals surface area (Å²) in [5.41, 5.74) is -1.08. The Labute approximate surface area is 124 Å². The third kappa shape index (κ3) is 4.03. The normalized spacial score (nSPS) is 13.1. The van der Waals surface area contributed by atoms with Crippen molar-refractivity contribution in [3.8, 4) is 0 Å². The summed E-state index contributed by atoms with van der Waals surface area (Å²) in [6.45, 7) is 3.15. The second kappa shape index (κ2) is 5.58. The van der Waals surface area contributed by atoms with Gasteiger partial charge in [-0.1, -0.05) is 15.9 Å². The van der Waals surface area contributed by atoms with Crippen LogP contribution in [0.5, 0.6) is 0 Å². The molecule has 0 fully saturated rings. The minimum Gasteiger partial charge on any atom is -0.389 e. The van der Waals surface area contributed by atoms with Gasteiger partial charge in [0, 0.05) is 22.5 Å². The highest BCUT2D eigenvalue weighted by Crippen LogP contribution is 2.28. The fourth-order valence-electron chi connectivity index (χ4n) is 1.47. The molecule has 0 spiro atoms. The van der Waals surface area contributed by atoms with E-state index in [4.69, 9.17) is 0 Å². The van der Waals surface area contributed by atoms with Gasteiger partial charge in [-0.25, -0.2) is 8.42 Å². The molecule has 0 aromatic heterocycles. The summed E-state index contributed by atoms with van der Waals surface area (Å²) in [6, 6.07) is 4.94. The highest BCUT2D eigenvalue weighted by Gasteiger charge is 2.28. The van der Waals surface area contributed by atoms with Crippen LogP contribution in [0.4, 0.5) is 0 Å². The molecular formula is C11H15Br2NO3S. The number of hydrogen-bond acceptors (Lipinski definition) is 3. The van der Waals surface area contributed by atoms with Crippen LogP contribution in [-0.4, -0.2) is 37.0 Å². The molecule has 0 aliphatic heterocycles. The summed E-state index contributed by atoms with van der Waals surface area (Å²) < 4.78 is 27.0. The molecule has 18 heavy (non-hydrogen) atoms. The summed E-state index contributed by atoms with van der Waals surface area (Å²) in [5, 5.41) is 9.70. The van der Waals surface area contributed by atoms with E-state index in [0.717, 1.165) is 4.31 Å². The molecule has 0 heterocycles. The summed E-state index contributed by atoms with van der Waals surface area (Å²) in [4.78, 5) is 0.170. The van der Waals surface area contributed by atoms with Crippen LogP contribution in [0.25, 0.3) is 0 Å². The first-order valence-corrected chi connectivity index (χ1v) is 8.20. The summed E-state index contributed by atoms with van der Waals surface area (Å²) >= 11 is 6.47. The van der Waals surface area contributed by atoms with Gasteiger partial charge < -0.3 is 5.11 Å². The zero-order valence-corrected chi connectivity index (χ0v) is 14.3. The maximum Gasteiger partial charge on any atom is 0.244 e. The van der Waals surface area contributed by atoms with Crippen LogP contribution in [0.3, 0.4) is 0 Å². The van der Waals surface area contributed by atoms with Gasteiger partial charge in [-0.3, -0.25) is 0 Å². The number of nitrogens with zero attached hydrogens (tertiary/aromatic N) is 1. The third-order valence-corrected chi connectivity index (χ3v) is 5.48. The van der Waals surface area contributed by atoms with Crippen LogP contribution in [0.15, 0.2) is 32.0 Å². The van der Waals surface area contributed by atoms with Gasteiger partial charge in [0.1, 0.15) is 0 Å². The average Bonchev–Trinajstić information content (AvgIpc) is 2.19. The van der Waals surface area contributed by atoms with Crippen molar-refractivity contribution in [2.45, 2.75) is 24.3 Å². The van der Waals surface area contributed by atoms with Crippen molar-refractivity contribution < 1.29 is 13.5 Å². The number of benzene rings is 1. The Hall–Kier alpha value is 0.0500. The second-order valence-electron chi connectivity index (χ2n) is 4.65. The van der Waals surface area contributed by atoms with Gasteiger partial charge in [0.25, 0.3) is 0 Å². The van der Waals surface area contributed by atoms with E-state index in [9.17, 15) is 13.5 Å². The third-order valence-electron chi connectivity index (χ3n) is 2.19. The Morgan fingerprint density at radius 1 is 1.33 bits per heavy atom. The summed E-state index contributed by atoms with van der Waals surface area (Å²) in [6.07, 6.45) is 0. The number of aliphatic hydroxyl groups is 1. The smallest absolute Gasteiger partial charge is 0.244 e. The molecule has 1 rings (SSSR count). The fourth-order valence-corrected chi connectivity index (χ4v) is 4.26. The Morgan fingerprint density at radius 3 is 2.39 bits per heavy atom. The van der Waals surface area contributed by atoms with E-state index in [1.165, 1.54) is 13.1 Å². The van der Waals surface area contributed by atoms with Crippen LogP contribution < -0.4 is 0 Å². The largest absolute Gasteiger partial charge is 0.389 e.